The van der Waals surface area contributed by atoms with Crippen LogP contribution in [-0.4, -0.2) is 5.11 Å². The van der Waals surface area contributed by atoms with Gasteiger partial charge in [0.2, 0.25) is 0 Å². The average Bonchev–Trinajstić information content (AvgIpc) is 2.34. The Morgan fingerprint density at radius 1 is 1.00 bits per heavy atom. The molecule has 0 heterocycles. The van der Waals surface area contributed by atoms with Gasteiger partial charge in [0.05, 0.1) is 16.1 Å². The third kappa shape index (κ3) is 3.41. The first-order valence-corrected chi connectivity index (χ1v) is 6.64. The summed E-state index contributed by atoms with van der Waals surface area (Å²) in [5, 5.41) is 10.5. The van der Waals surface area contributed by atoms with Gasteiger partial charge in [0.25, 0.3) is 0 Å². The van der Waals surface area contributed by atoms with Gasteiger partial charge in [0, 0.05) is 0 Å². The van der Waals surface area contributed by atoms with Crippen molar-refractivity contribution in [3.63, 3.8) is 0 Å². The van der Waals surface area contributed by atoms with Crippen molar-refractivity contribution in [2.75, 3.05) is 0 Å². The number of ether oxygens (including phenoxy) is 1. The normalized spacial score (nSPS) is 12.3. The minimum absolute atomic E-state index is 0.440. The maximum absolute atomic E-state index is 9.48. The van der Waals surface area contributed by atoms with E-state index in [1.165, 1.54) is 0 Å². The van der Waals surface area contributed by atoms with Crippen molar-refractivity contribution in [3.05, 3.63) is 57.6 Å². The molecule has 4 heteroatoms. The molecule has 0 spiro atoms. The lowest BCUT2D eigenvalue weighted by Crippen LogP contribution is -1.92. The van der Waals surface area contributed by atoms with Crippen LogP contribution in [0.15, 0.2) is 36.4 Å². The first-order chi connectivity index (χ1) is 8.97. The van der Waals surface area contributed by atoms with E-state index < -0.39 is 6.10 Å². The SMILES string of the molecule is Cc1ccc(Oc2ccc([C@H](C)O)cc2Cl)c(Cl)c1. The van der Waals surface area contributed by atoms with Crippen LogP contribution in [0.3, 0.4) is 0 Å². The van der Waals surface area contributed by atoms with E-state index >= 15 is 0 Å². The van der Waals surface area contributed by atoms with Crippen molar-refractivity contribution >= 4 is 23.2 Å². The van der Waals surface area contributed by atoms with Crippen LogP contribution in [-0.2, 0) is 0 Å². The van der Waals surface area contributed by atoms with Crippen molar-refractivity contribution < 1.29 is 9.84 Å². The van der Waals surface area contributed by atoms with Gasteiger partial charge < -0.3 is 9.84 Å². The summed E-state index contributed by atoms with van der Waals surface area (Å²) in [5.74, 6) is 1.07. The first-order valence-electron chi connectivity index (χ1n) is 5.89. The molecule has 2 rings (SSSR count). The van der Waals surface area contributed by atoms with Crippen molar-refractivity contribution in [1.82, 2.24) is 0 Å². The Bertz CT molecular complexity index is 595. The van der Waals surface area contributed by atoms with Gasteiger partial charge >= 0.3 is 0 Å². The molecule has 0 aliphatic heterocycles. The number of aliphatic hydroxyl groups is 1. The Hall–Kier alpha value is -1.22. The zero-order valence-corrected chi connectivity index (χ0v) is 12.2. The second kappa shape index (κ2) is 5.83. The molecule has 0 fully saturated rings. The number of rotatable bonds is 3. The van der Waals surface area contributed by atoms with Gasteiger partial charge in [0.15, 0.2) is 0 Å². The van der Waals surface area contributed by atoms with Crippen molar-refractivity contribution in [3.8, 4) is 11.5 Å². The molecule has 19 heavy (non-hydrogen) atoms. The van der Waals surface area contributed by atoms with Crippen LogP contribution in [0.2, 0.25) is 10.0 Å². The summed E-state index contributed by atoms with van der Waals surface area (Å²) < 4.78 is 5.68. The van der Waals surface area contributed by atoms with Crippen LogP contribution in [0, 0.1) is 6.92 Å². The maximum atomic E-state index is 9.48. The number of hydrogen-bond acceptors (Lipinski definition) is 2. The summed E-state index contributed by atoms with van der Waals surface area (Å²) in [7, 11) is 0. The number of benzene rings is 2. The van der Waals surface area contributed by atoms with Crippen LogP contribution < -0.4 is 4.74 Å². The molecule has 2 nitrogen and oxygen atoms in total. The second-order valence-electron chi connectivity index (χ2n) is 4.40. The standard InChI is InChI=1S/C15H14Cl2O2/c1-9-3-5-14(12(16)7-9)19-15-6-4-11(10(2)18)8-13(15)17/h3-8,10,18H,1-2H3/t10-/m0/s1. The van der Waals surface area contributed by atoms with E-state index in [9.17, 15) is 5.11 Å². The predicted molar refractivity (Wildman–Crippen MR) is 78.3 cm³/mol. The molecule has 1 atom stereocenters. The molecule has 1 N–H and O–H groups in total. The zero-order chi connectivity index (χ0) is 14.0. The number of aliphatic hydroxyl groups excluding tert-OH is 1. The summed E-state index contributed by atoms with van der Waals surface area (Å²) in [4.78, 5) is 0. The predicted octanol–water partition coefficient (Wildman–Crippen LogP) is 5.15. The Labute approximate surface area is 122 Å². The monoisotopic (exact) mass is 296 g/mol. The number of halogens is 2. The van der Waals surface area contributed by atoms with E-state index in [2.05, 4.69) is 0 Å². The van der Waals surface area contributed by atoms with Gasteiger partial charge in [-0.05, 0) is 49.2 Å². The Kier molecular flexibility index (Phi) is 4.35. The Morgan fingerprint density at radius 2 is 1.58 bits per heavy atom. The first kappa shape index (κ1) is 14.2. The highest BCUT2D eigenvalue weighted by molar-refractivity contribution is 6.33. The molecule has 0 aliphatic carbocycles. The van der Waals surface area contributed by atoms with E-state index in [1.807, 2.05) is 19.1 Å². The molecule has 0 amide bonds. The third-order valence-corrected chi connectivity index (χ3v) is 3.34. The minimum atomic E-state index is -0.561. The fourth-order valence-electron chi connectivity index (χ4n) is 1.67. The fourth-order valence-corrected chi connectivity index (χ4v) is 2.17. The molecule has 2 aromatic carbocycles. The van der Waals surface area contributed by atoms with Gasteiger partial charge in [-0.2, -0.15) is 0 Å². The fraction of sp³-hybridized carbons (Fsp3) is 0.200. The van der Waals surface area contributed by atoms with Crippen molar-refractivity contribution in [2.24, 2.45) is 0 Å². The highest BCUT2D eigenvalue weighted by atomic mass is 35.5. The van der Waals surface area contributed by atoms with Gasteiger partial charge in [-0.1, -0.05) is 35.3 Å². The highest BCUT2D eigenvalue weighted by Gasteiger charge is 2.09. The molecular weight excluding hydrogens is 283 g/mol. The van der Waals surface area contributed by atoms with E-state index in [4.69, 9.17) is 27.9 Å². The summed E-state index contributed by atoms with van der Waals surface area (Å²) in [5.41, 5.74) is 1.81. The van der Waals surface area contributed by atoms with E-state index in [0.29, 0.717) is 21.5 Å². The van der Waals surface area contributed by atoms with Gasteiger partial charge in [-0.15, -0.1) is 0 Å². The molecule has 0 saturated carbocycles. The van der Waals surface area contributed by atoms with Crippen LogP contribution in [0.1, 0.15) is 24.2 Å². The Balaban J connectivity index is 2.28. The molecule has 100 valence electrons. The summed E-state index contributed by atoms with van der Waals surface area (Å²) in [6.07, 6.45) is -0.561. The van der Waals surface area contributed by atoms with Crippen LogP contribution >= 0.6 is 23.2 Å². The molecule has 0 unspecified atom stereocenters. The zero-order valence-electron chi connectivity index (χ0n) is 10.7. The average molecular weight is 297 g/mol. The lowest BCUT2D eigenvalue weighted by molar-refractivity contribution is 0.199. The summed E-state index contributed by atoms with van der Waals surface area (Å²) in [6.45, 7) is 3.64. The summed E-state index contributed by atoms with van der Waals surface area (Å²) in [6, 6.07) is 10.7. The van der Waals surface area contributed by atoms with E-state index in [-0.39, 0.29) is 0 Å². The Morgan fingerprint density at radius 3 is 2.11 bits per heavy atom. The third-order valence-electron chi connectivity index (χ3n) is 2.75. The number of aryl methyl sites for hydroxylation is 1. The molecule has 2 aromatic rings. The lowest BCUT2D eigenvalue weighted by Gasteiger charge is -2.11. The molecular formula is C15H14Cl2O2. The van der Waals surface area contributed by atoms with Crippen LogP contribution in [0.4, 0.5) is 0 Å². The summed E-state index contributed by atoms with van der Waals surface area (Å²) >= 11 is 12.2. The molecule has 0 bridgehead atoms. The highest BCUT2D eigenvalue weighted by Crippen LogP contribution is 2.35. The minimum Gasteiger partial charge on any atom is -0.454 e. The van der Waals surface area contributed by atoms with Gasteiger partial charge in [-0.25, -0.2) is 0 Å². The largest absolute Gasteiger partial charge is 0.454 e. The topological polar surface area (TPSA) is 29.5 Å². The molecule has 0 radical (unpaired) electrons. The van der Waals surface area contributed by atoms with Crippen LogP contribution in [0.25, 0.3) is 0 Å². The quantitative estimate of drug-likeness (QED) is 0.849. The van der Waals surface area contributed by atoms with Gasteiger partial charge in [-0.3, -0.25) is 0 Å². The maximum Gasteiger partial charge on any atom is 0.146 e. The van der Waals surface area contributed by atoms with Gasteiger partial charge in [0.1, 0.15) is 11.5 Å². The molecule has 0 aromatic heterocycles. The van der Waals surface area contributed by atoms with E-state index in [1.54, 1.807) is 31.2 Å². The molecule has 0 aliphatic rings. The van der Waals surface area contributed by atoms with Crippen LogP contribution in [0.5, 0.6) is 11.5 Å². The lowest BCUT2D eigenvalue weighted by atomic mass is 10.1. The van der Waals surface area contributed by atoms with Crippen molar-refractivity contribution in [1.29, 1.82) is 0 Å². The molecule has 0 saturated heterocycles. The number of hydrogen-bond donors (Lipinski definition) is 1. The van der Waals surface area contributed by atoms with E-state index in [0.717, 1.165) is 11.1 Å². The smallest absolute Gasteiger partial charge is 0.146 e. The second-order valence-corrected chi connectivity index (χ2v) is 5.22. The van der Waals surface area contributed by atoms with Crippen molar-refractivity contribution in [2.45, 2.75) is 20.0 Å².